The van der Waals surface area contributed by atoms with E-state index in [0.717, 1.165) is 17.5 Å². The number of fused-ring (bicyclic) bond motifs is 1. The van der Waals surface area contributed by atoms with Gasteiger partial charge in [0.25, 0.3) is 5.91 Å². The van der Waals surface area contributed by atoms with Crippen molar-refractivity contribution in [3.8, 4) is 0 Å². The number of carbonyl (C=O) groups excluding carboxylic acids is 3. The number of aliphatic hydroxyl groups is 1. The monoisotopic (exact) mass is 457 g/mol. The molecule has 172 valence electrons. The van der Waals surface area contributed by atoms with Crippen molar-refractivity contribution in [3.05, 3.63) is 16.9 Å². The molecule has 2 fully saturated rings. The van der Waals surface area contributed by atoms with Crippen LogP contribution in [-0.4, -0.2) is 72.2 Å². The van der Waals surface area contributed by atoms with E-state index in [1.54, 1.807) is 0 Å². The SMILES string of the molecule is CC(C)C[C@H](NC(=O)[C@@H]1CCCN2C(=O)CC[C@H](NS(C)(=O)=O)C(=O)N12)/C(O)=C/[N+]#N. The highest BCUT2D eigenvalue weighted by atomic mass is 32.2. The minimum absolute atomic E-state index is 0.0103. The van der Waals surface area contributed by atoms with E-state index in [1.807, 2.05) is 13.8 Å². The normalized spacial score (nSPS) is 23.8. The Bertz CT molecular complexity index is 896. The molecule has 3 N–H and O–H groups in total. The van der Waals surface area contributed by atoms with Gasteiger partial charge >= 0.3 is 6.20 Å². The van der Waals surface area contributed by atoms with Gasteiger partial charge in [-0.3, -0.25) is 19.4 Å². The van der Waals surface area contributed by atoms with Crippen molar-refractivity contribution in [2.24, 2.45) is 5.92 Å². The van der Waals surface area contributed by atoms with E-state index < -0.39 is 40.0 Å². The second-order valence-corrected chi connectivity index (χ2v) is 9.98. The molecule has 13 heteroatoms. The summed E-state index contributed by atoms with van der Waals surface area (Å²) in [7, 11) is -3.72. The number of hydrazine groups is 1. The lowest BCUT2D eigenvalue weighted by Crippen LogP contribution is -2.64. The second kappa shape index (κ2) is 10.1. The predicted octanol–water partition coefficient (Wildman–Crippen LogP) is 0.216. The lowest BCUT2D eigenvalue weighted by atomic mass is 10.0. The summed E-state index contributed by atoms with van der Waals surface area (Å²) in [5.41, 5.74) is 0. The van der Waals surface area contributed by atoms with E-state index in [-0.39, 0.29) is 43.4 Å². The Morgan fingerprint density at radius 3 is 2.61 bits per heavy atom. The Balaban J connectivity index is 2.32. The van der Waals surface area contributed by atoms with Crippen LogP contribution < -0.4 is 10.0 Å². The Kier molecular flexibility index (Phi) is 7.96. The summed E-state index contributed by atoms with van der Waals surface area (Å²) in [5.74, 6) is -1.93. The molecule has 2 saturated heterocycles. The van der Waals surface area contributed by atoms with Crippen LogP contribution in [0.25, 0.3) is 4.98 Å². The fraction of sp³-hybridized carbons (Fsp3) is 0.722. The Labute approximate surface area is 181 Å². The highest BCUT2D eigenvalue weighted by molar-refractivity contribution is 7.88. The molecule has 0 aromatic carbocycles. The number of carbonyl (C=O) groups is 3. The highest BCUT2D eigenvalue weighted by Crippen LogP contribution is 2.25. The number of nitrogens with one attached hydrogen (secondary N) is 2. The molecule has 2 aliphatic heterocycles. The summed E-state index contributed by atoms with van der Waals surface area (Å²) < 4.78 is 25.6. The first-order valence-electron chi connectivity index (χ1n) is 10.1. The summed E-state index contributed by atoms with van der Waals surface area (Å²) in [4.78, 5) is 41.6. The second-order valence-electron chi connectivity index (χ2n) is 8.20. The van der Waals surface area contributed by atoms with Crippen LogP contribution in [0.1, 0.15) is 46.0 Å². The van der Waals surface area contributed by atoms with Crippen LogP contribution in [0, 0.1) is 11.3 Å². The molecule has 0 unspecified atom stereocenters. The molecule has 31 heavy (non-hydrogen) atoms. The molecule has 2 aliphatic rings. The van der Waals surface area contributed by atoms with Gasteiger partial charge < -0.3 is 10.4 Å². The maximum atomic E-state index is 13.1. The Morgan fingerprint density at radius 2 is 2.03 bits per heavy atom. The van der Waals surface area contributed by atoms with Crippen molar-refractivity contribution >= 4 is 27.7 Å². The number of amides is 3. The third kappa shape index (κ3) is 6.38. The van der Waals surface area contributed by atoms with Crippen molar-refractivity contribution in [2.45, 2.75) is 64.1 Å². The van der Waals surface area contributed by atoms with Crippen LogP contribution in [0.15, 0.2) is 12.0 Å². The number of nitrogens with zero attached hydrogens (tertiary/aromatic N) is 4. The molecule has 12 nitrogen and oxygen atoms in total. The van der Waals surface area contributed by atoms with Gasteiger partial charge in [-0.15, -0.1) is 0 Å². The minimum atomic E-state index is -3.72. The van der Waals surface area contributed by atoms with Crippen LogP contribution in [-0.2, 0) is 24.4 Å². The number of hydrogen-bond donors (Lipinski definition) is 3. The first kappa shape index (κ1) is 24.5. The van der Waals surface area contributed by atoms with Crippen LogP contribution in [0.5, 0.6) is 0 Å². The number of hydrogen-bond acceptors (Lipinski definition) is 7. The third-order valence-electron chi connectivity index (χ3n) is 5.09. The fourth-order valence-corrected chi connectivity index (χ4v) is 4.52. The number of aliphatic hydroxyl groups excluding tert-OH is 1. The molecule has 2 rings (SSSR count). The Morgan fingerprint density at radius 1 is 1.35 bits per heavy atom. The molecule has 0 aromatic heterocycles. The van der Waals surface area contributed by atoms with Gasteiger partial charge in [0, 0.05) is 13.0 Å². The largest absolute Gasteiger partial charge is 0.504 e. The zero-order valence-electron chi connectivity index (χ0n) is 17.8. The maximum Gasteiger partial charge on any atom is 0.389 e. The predicted molar refractivity (Wildman–Crippen MR) is 110 cm³/mol. The van der Waals surface area contributed by atoms with E-state index in [9.17, 15) is 27.9 Å². The van der Waals surface area contributed by atoms with Crippen LogP contribution >= 0.6 is 0 Å². The maximum absolute atomic E-state index is 13.1. The van der Waals surface area contributed by atoms with Crippen molar-refractivity contribution in [3.63, 3.8) is 0 Å². The summed E-state index contributed by atoms with van der Waals surface area (Å²) in [6, 6.07) is -3.08. The molecule has 0 spiro atoms. The van der Waals surface area contributed by atoms with Gasteiger partial charge in [-0.1, -0.05) is 13.8 Å². The van der Waals surface area contributed by atoms with Gasteiger partial charge in [-0.25, -0.2) is 18.1 Å². The first-order valence-corrected chi connectivity index (χ1v) is 12.0. The van der Waals surface area contributed by atoms with Crippen molar-refractivity contribution in [1.82, 2.24) is 20.1 Å². The first-order chi connectivity index (χ1) is 14.4. The summed E-state index contributed by atoms with van der Waals surface area (Å²) in [6.45, 7) is 4.00. The third-order valence-corrected chi connectivity index (χ3v) is 5.80. The van der Waals surface area contributed by atoms with Crippen LogP contribution in [0.4, 0.5) is 0 Å². The van der Waals surface area contributed by atoms with Crippen molar-refractivity contribution in [2.75, 3.05) is 12.8 Å². The quantitative estimate of drug-likeness (QED) is 0.363. The van der Waals surface area contributed by atoms with Crippen molar-refractivity contribution < 1.29 is 27.9 Å². The topological polar surface area (TPSA) is 164 Å². The van der Waals surface area contributed by atoms with E-state index in [0.29, 0.717) is 12.8 Å². The lowest BCUT2D eigenvalue weighted by Gasteiger charge is -2.43. The lowest BCUT2D eigenvalue weighted by molar-refractivity contribution is -0.176. The molecule has 0 radical (unpaired) electrons. The number of rotatable bonds is 7. The standard InChI is InChI=1S/C18H28N6O6S/c1-11(2)9-13(15(25)10-20-19)21-17(27)14-5-4-8-23-16(26)7-6-12(18(28)24(14)23)22-31(3,29)30/h10-14,22H,4-9H2,1-3H3,(H-,21,25,27)/p+1/b15-10-/t12-,13-,14-/m0/s1. The van der Waals surface area contributed by atoms with E-state index in [1.165, 1.54) is 5.01 Å². The molecule has 0 bridgehead atoms. The molecular formula is C18H29N6O6S+. The zero-order valence-corrected chi connectivity index (χ0v) is 18.6. The van der Waals surface area contributed by atoms with Gasteiger partial charge in [-0.05, 0) is 31.6 Å². The summed E-state index contributed by atoms with van der Waals surface area (Å²) >= 11 is 0. The van der Waals surface area contributed by atoms with Gasteiger partial charge in [0.15, 0.2) is 4.98 Å². The minimum Gasteiger partial charge on any atom is -0.504 e. The van der Waals surface area contributed by atoms with E-state index >= 15 is 0 Å². The van der Waals surface area contributed by atoms with Gasteiger partial charge in [0.1, 0.15) is 12.1 Å². The average Bonchev–Trinajstić information content (AvgIpc) is 2.78. The number of sulfonamides is 1. The molecule has 0 aromatic rings. The Hall–Kier alpha value is -2.72. The van der Waals surface area contributed by atoms with Crippen LogP contribution in [0.3, 0.4) is 0 Å². The van der Waals surface area contributed by atoms with E-state index in [4.69, 9.17) is 5.39 Å². The van der Waals surface area contributed by atoms with Gasteiger partial charge in [0.05, 0.1) is 12.3 Å². The molecule has 0 aliphatic carbocycles. The zero-order chi connectivity index (χ0) is 23.3. The highest BCUT2D eigenvalue weighted by Gasteiger charge is 2.45. The van der Waals surface area contributed by atoms with Gasteiger partial charge in [-0.2, -0.15) is 0 Å². The van der Waals surface area contributed by atoms with E-state index in [2.05, 4.69) is 15.0 Å². The molecule has 3 amide bonds. The summed E-state index contributed by atoms with van der Waals surface area (Å²) in [5, 5.41) is 23.7. The summed E-state index contributed by atoms with van der Waals surface area (Å²) in [6.07, 6.45) is 2.75. The molecule has 2 heterocycles. The molecule has 3 atom stereocenters. The number of diazo groups is 1. The average molecular weight is 458 g/mol. The van der Waals surface area contributed by atoms with Crippen LogP contribution in [0.2, 0.25) is 0 Å². The molecule has 0 saturated carbocycles. The fourth-order valence-electron chi connectivity index (χ4n) is 3.78. The smallest absolute Gasteiger partial charge is 0.389 e. The van der Waals surface area contributed by atoms with Gasteiger partial charge in [0.2, 0.25) is 33.0 Å². The van der Waals surface area contributed by atoms with Crippen molar-refractivity contribution in [1.29, 1.82) is 5.39 Å². The molecular weight excluding hydrogens is 428 g/mol.